The predicted molar refractivity (Wildman–Crippen MR) is 226 cm³/mol. The second-order valence-electron chi connectivity index (χ2n) is 11.0. The van der Waals surface area contributed by atoms with E-state index in [2.05, 4.69) is 0 Å². The normalized spacial score (nSPS) is 20.6. The van der Waals surface area contributed by atoms with Gasteiger partial charge in [0, 0.05) is 34.2 Å². The summed E-state index contributed by atoms with van der Waals surface area (Å²) >= 11 is 0. The molecule has 1 aliphatic rings. The summed E-state index contributed by atoms with van der Waals surface area (Å²) in [5.41, 5.74) is -12.9. The maximum atomic E-state index is 10.2. The van der Waals surface area contributed by atoms with Gasteiger partial charge in [0.2, 0.25) is 0 Å². The Labute approximate surface area is 365 Å². The van der Waals surface area contributed by atoms with Gasteiger partial charge in [-0.3, -0.25) is 0 Å². The molecule has 0 amide bonds. The van der Waals surface area contributed by atoms with Crippen LogP contribution in [0.5, 0.6) is 11.5 Å². The minimum Gasteiger partial charge on any atom is -0.456 e. The zero-order valence-corrected chi connectivity index (χ0v) is 26.9. The number of nitrogens with zero attached hydrogens (tertiary/aromatic N) is 1. The van der Waals surface area contributed by atoms with Gasteiger partial charge in [0.15, 0.2) is 0 Å². The smallest absolute Gasteiger partial charge is 0.137 e. The number of hydrogen-bond donors (Lipinski definition) is 0. The molecular weight excluding hydrogens is 655 g/mol. The SMILES string of the molecule is [2H]c1c([2H])c([2H])c(-c2c([2H])c([2H])c(N(c3c([2H])c([2H])c(-c4c([2H])c([2H])c([2H])c([2H])c4[2H])c([2H])c3[2H])c3c([2H])c([2H])c4c(c3[2H])Oc3c([2H])c([2H])c(-c5c([2H])c([2H])c([2H])c([2H])c5[2H])c([2H])c3-c3c-4c([2H])c4c([2H])c([2H])c([2H])c([2H])c4c3[2H])c([2H])c2[2H])c([2H])c1[2H]. The first-order chi connectivity index (χ1) is 41.4. The fourth-order valence-corrected chi connectivity index (χ4v) is 5.41. The maximum absolute atomic E-state index is 10.2. The predicted octanol–water partition coefficient (Wildman–Crippen LogP) is 14.8. The molecule has 0 saturated heterocycles. The number of anilines is 3. The summed E-state index contributed by atoms with van der Waals surface area (Å²) in [6.07, 6.45) is 0. The zero-order valence-electron chi connectivity index (χ0n) is 61.9. The van der Waals surface area contributed by atoms with Gasteiger partial charge in [-0.25, -0.2) is 0 Å². The Morgan fingerprint density at radius 1 is 0.296 bits per heavy atom. The van der Waals surface area contributed by atoms with Gasteiger partial charge in [-0.1, -0.05) is 145 Å². The van der Waals surface area contributed by atoms with Crippen molar-refractivity contribution in [3.63, 3.8) is 0 Å². The minimum atomic E-state index is -1.38. The van der Waals surface area contributed by atoms with Crippen molar-refractivity contribution in [2.24, 2.45) is 0 Å². The van der Waals surface area contributed by atoms with Crippen LogP contribution in [0.2, 0.25) is 0 Å². The lowest BCUT2D eigenvalue weighted by atomic mass is 9.90. The van der Waals surface area contributed by atoms with E-state index in [0.29, 0.717) is 0 Å². The molecule has 9 aromatic rings. The molecule has 0 fully saturated rings. The Bertz CT molecular complexity index is 4540. The van der Waals surface area contributed by atoms with Crippen molar-refractivity contribution in [3.05, 3.63) is 211 Å². The highest BCUT2D eigenvalue weighted by Crippen LogP contribution is 2.51. The van der Waals surface area contributed by atoms with E-state index in [9.17, 15) is 21.9 Å². The molecule has 0 bridgehead atoms. The van der Waals surface area contributed by atoms with Crippen LogP contribution >= 0.6 is 0 Å². The first-order valence-corrected chi connectivity index (χ1v) is 15.6. The van der Waals surface area contributed by atoms with Crippen molar-refractivity contribution in [2.75, 3.05) is 4.90 Å². The highest BCUT2D eigenvalue weighted by molar-refractivity contribution is 6.01. The minimum absolute atomic E-state index is 0.237. The number of benzene rings is 9. The van der Waals surface area contributed by atoms with Gasteiger partial charge in [0.1, 0.15) is 11.5 Å². The van der Waals surface area contributed by atoms with E-state index in [1.54, 1.807) is 0 Å². The van der Waals surface area contributed by atoms with Crippen LogP contribution in [0.4, 0.5) is 17.1 Å². The highest BCUT2D eigenvalue weighted by atomic mass is 16.5. The van der Waals surface area contributed by atoms with Crippen LogP contribution in [0.1, 0.15) is 48.0 Å². The summed E-state index contributed by atoms with van der Waals surface area (Å²) in [6, 6.07) is -38.7. The van der Waals surface area contributed by atoms with Crippen LogP contribution < -0.4 is 9.64 Å². The molecule has 1 heterocycles. The first kappa shape index (κ1) is 11.9. The number of fused-ring (bicyclic) bond motifs is 6. The van der Waals surface area contributed by atoms with Gasteiger partial charge in [0.25, 0.3) is 0 Å². The summed E-state index contributed by atoms with van der Waals surface area (Å²) in [4.78, 5) is 0.237. The highest BCUT2D eigenvalue weighted by Gasteiger charge is 2.24. The fraction of sp³-hybridized carbons (Fsp3) is 0. The maximum Gasteiger partial charge on any atom is 0.137 e. The van der Waals surface area contributed by atoms with E-state index in [1.165, 1.54) is 0 Å². The Kier molecular flexibility index (Phi) is 2.97. The third-order valence-corrected chi connectivity index (χ3v) is 7.83. The Balaban J connectivity index is 1.43. The summed E-state index contributed by atoms with van der Waals surface area (Å²) in [7, 11) is 0. The molecule has 0 N–H and O–H groups in total. The quantitative estimate of drug-likeness (QED) is 0.169. The molecule has 2 nitrogen and oxygen atoms in total. The van der Waals surface area contributed by atoms with E-state index in [0.717, 1.165) is 0 Å². The van der Waals surface area contributed by atoms with Crippen molar-refractivity contribution < 1.29 is 52.7 Å². The molecule has 0 aromatic heterocycles. The second-order valence-corrected chi connectivity index (χ2v) is 11.0. The number of hydrogen-bond acceptors (Lipinski definition) is 2. The van der Waals surface area contributed by atoms with Gasteiger partial charge >= 0.3 is 0 Å². The molecule has 2 heteroatoms. The first-order valence-electron chi connectivity index (χ1n) is 33.1. The van der Waals surface area contributed by atoms with Gasteiger partial charge in [-0.2, -0.15) is 0 Å². The summed E-state index contributed by atoms with van der Waals surface area (Å²) in [6.45, 7) is 0. The molecule has 54 heavy (non-hydrogen) atoms. The molecule has 0 aliphatic carbocycles. The van der Waals surface area contributed by atoms with E-state index >= 15 is 0 Å². The van der Waals surface area contributed by atoms with Gasteiger partial charge in [-0.05, 0) is 116 Å². The van der Waals surface area contributed by atoms with Crippen LogP contribution in [-0.2, 0) is 0 Å². The number of ether oxygens (including phenoxy) is 1. The lowest BCUT2D eigenvalue weighted by Crippen LogP contribution is -2.10. The molecular formula is C52H35NO. The molecule has 1 aliphatic heterocycles. The Morgan fingerprint density at radius 3 is 1.26 bits per heavy atom. The Morgan fingerprint density at radius 2 is 0.722 bits per heavy atom. The van der Waals surface area contributed by atoms with E-state index in [1.807, 2.05) is 0 Å². The molecule has 9 aromatic carbocycles. The molecule has 10 rings (SSSR count). The average molecular weight is 725 g/mol. The summed E-state index contributed by atoms with van der Waals surface area (Å²) < 4.78 is 322. The van der Waals surface area contributed by atoms with Crippen molar-refractivity contribution >= 4 is 27.8 Å². The van der Waals surface area contributed by atoms with E-state index in [-0.39, 0.29) is 4.90 Å². The second kappa shape index (κ2) is 13.4. The largest absolute Gasteiger partial charge is 0.456 e. The molecule has 0 radical (unpaired) electrons. The molecule has 254 valence electrons. The third-order valence-electron chi connectivity index (χ3n) is 7.83. The van der Waals surface area contributed by atoms with E-state index in [4.69, 9.17) is 30.8 Å². The van der Waals surface area contributed by atoms with Crippen LogP contribution in [0.3, 0.4) is 0 Å². The molecule has 0 atom stereocenters. The van der Waals surface area contributed by atoms with Crippen molar-refractivity contribution in [3.8, 4) is 67.1 Å². The topological polar surface area (TPSA) is 12.5 Å². The van der Waals surface area contributed by atoms with Crippen molar-refractivity contribution in [1.82, 2.24) is 0 Å². The van der Waals surface area contributed by atoms with Crippen LogP contribution in [-0.4, -0.2) is 0 Å². The Hall–Kier alpha value is -7.16. The molecule has 0 unspecified atom stereocenters. The van der Waals surface area contributed by atoms with E-state index < -0.39 is 306 Å². The van der Waals surface area contributed by atoms with Crippen LogP contribution in [0.15, 0.2) is 211 Å². The standard InChI is InChI=1S/C52H35NO/c1-4-12-36(13-5-1)39-20-25-44(26-21-39)53(45-27-22-40(23-28-45)37-14-6-2-7-15-37)46-29-30-47-48-32-41-18-10-11-19-42(41)33-49(48)50-34-43(38-16-8-3-9-17-38)24-31-51(50)54-52(47)35-46/h1-35H/i1D,2D,3D,4D,5D,6D,7D,8D,9D,10D,11D,12D,13D,14D,15D,16D,17D,18D,19D,20D,21D,22D,23D,24D,25D,26D,27D,28D,29D,30D,31D,32D,33D,34D,35D. The van der Waals surface area contributed by atoms with Gasteiger partial charge in [-0.15, -0.1) is 0 Å². The summed E-state index contributed by atoms with van der Waals surface area (Å²) in [5, 5.41) is -1.50. The lowest BCUT2D eigenvalue weighted by molar-refractivity contribution is 0.488. The molecule has 0 spiro atoms. The fourth-order valence-electron chi connectivity index (χ4n) is 5.41. The van der Waals surface area contributed by atoms with Crippen molar-refractivity contribution in [2.45, 2.75) is 0 Å². The van der Waals surface area contributed by atoms with Crippen molar-refractivity contribution in [1.29, 1.82) is 0 Å². The van der Waals surface area contributed by atoms with Gasteiger partial charge in [0.05, 0.1) is 48.0 Å². The monoisotopic (exact) mass is 724 g/mol. The average Bonchev–Trinajstić information content (AvgIpc) is 1.69. The van der Waals surface area contributed by atoms with Crippen LogP contribution in [0.25, 0.3) is 66.4 Å². The lowest BCUT2D eigenvalue weighted by Gasteiger charge is -2.27. The number of rotatable bonds is 6. The molecule has 0 saturated carbocycles. The van der Waals surface area contributed by atoms with Crippen LogP contribution in [0, 0.1) is 0 Å². The zero-order chi connectivity index (χ0) is 66.3. The summed E-state index contributed by atoms with van der Waals surface area (Å²) in [5.74, 6) is -2.26. The third kappa shape index (κ3) is 5.81. The van der Waals surface area contributed by atoms with Gasteiger partial charge < -0.3 is 9.64 Å².